The summed E-state index contributed by atoms with van der Waals surface area (Å²) in [4.78, 5) is 14.5. The molecule has 0 bridgehead atoms. The molecular formula is C15H23N3O3S. The zero-order valence-corrected chi connectivity index (χ0v) is 13.6. The quantitative estimate of drug-likeness (QED) is 0.848. The van der Waals surface area contributed by atoms with Crippen molar-refractivity contribution in [3.63, 3.8) is 0 Å². The van der Waals surface area contributed by atoms with Gasteiger partial charge < -0.3 is 10.6 Å². The normalized spacial score (nSPS) is 22.6. The van der Waals surface area contributed by atoms with E-state index in [1.54, 1.807) is 24.3 Å². The first-order chi connectivity index (χ1) is 10.3. The van der Waals surface area contributed by atoms with E-state index < -0.39 is 10.0 Å². The minimum absolute atomic E-state index is 0.0307. The highest BCUT2D eigenvalue weighted by molar-refractivity contribution is 7.88. The van der Waals surface area contributed by atoms with E-state index in [4.69, 9.17) is 10.9 Å². The zero-order chi connectivity index (χ0) is 16.3. The monoisotopic (exact) mass is 325 g/mol. The number of carbonyl (C=O) groups is 1. The molecule has 1 aromatic rings. The Kier molecular flexibility index (Phi) is 5.20. The molecule has 0 spiro atoms. The summed E-state index contributed by atoms with van der Waals surface area (Å²) in [6.07, 6.45) is 2.03. The highest BCUT2D eigenvalue weighted by atomic mass is 32.2. The highest BCUT2D eigenvalue weighted by Crippen LogP contribution is 2.24. The summed E-state index contributed by atoms with van der Waals surface area (Å²) < 4.78 is 22.4. The number of primary sulfonamides is 1. The van der Waals surface area contributed by atoms with Crippen LogP contribution in [0.1, 0.15) is 35.7 Å². The molecule has 1 aromatic carbocycles. The second-order valence-corrected chi connectivity index (χ2v) is 7.54. The number of piperidine rings is 1. The van der Waals surface area contributed by atoms with Gasteiger partial charge in [-0.1, -0.05) is 19.1 Å². The lowest BCUT2D eigenvalue weighted by Crippen LogP contribution is -2.51. The molecule has 0 unspecified atom stereocenters. The predicted octanol–water partition coefficient (Wildman–Crippen LogP) is 0.675. The number of rotatable bonds is 4. The fourth-order valence-corrected chi connectivity index (χ4v) is 3.70. The van der Waals surface area contributed by atoms with Gasteiger partial charge in [-0.3, -0.25) is 4.79 Å². The summed E-state index contributed by atoms with van der Waals surface area (Å²) in [5, 5.41) is 5.06. The molecule has 1 heterocycles. The second-order valence-electron chi connectivity index (χ2n) is 5.93. The molecule has 122 valence electrons. The minimum Gasteiger partial charge on any atom is -0.334 e. The number of likely N-dealkylation sites (tertiary alicyclic amines) is 1. The van der Waals surface area contributed by atoms with Crippen molar-refractivity contribution in [2.75, 3.05) is 13.1 Å². The Labute approximate surface area is 131 Å². The molecular weight excluding hydrogens is 302 g/mol. The minimum atomic E-state index is -3.61. The molecule has 0 radical (unpaired) electrons. The summed E-state index contributed by atoms with van der Waals surface area (Å²) in [6, 6.07) is 6.66. The van der Waals surface area contributed by atoms with E-state index in [1.165, 1.54) is 0 Å². The van der Waals surface area contributed by atoms with Crippen LogP contribution in [0.3, 0.4) is 0 Å². The Morgan fingerprint density at radius 1 is 1.41 bits per heavy atom. The van der Waals surface area contributed by atoms with Crippen LogP contribution < -0.4 is 10.9 Å². The molecule has 4 N–H and O–H groups in total. The Morgan fingerprint density at radius 2 is 2.14 bits per heavy atom. The number of nitrogens with two attached hydrogens (primary N) is 2. The van der Waals surface area contributed by atoms with Crippen LogP contribution in [0.5, 0.6) is 0 Å². The van der Waals surface area contributed by atoms with Gasteiger partial charge in [-0.25, -0.2) is 13.6 Å². The van der Waals surface area contributed by atoms with Crippen molar-refractivity contribution in [3.8, 4) is 0 Å². The fourth-order valence-electron chi connectivity index (χ4n) is 3.05. The van der Waals surface area contributed by atoms with Crippen LogP contribution in [0.4, 0.5) is 0 Å². The zero-order valence-electron chi connectivity index (χ0n) is 12.7. The van der Waals surface area contributed by atoms with Crippen LogP contribution in [0.15, 0.2) is 24.3 Å². The molecule has 0 saturated carbocycles. The maximum Gasteiger partial charge on any atom is 0.254 e. The Balaban J connectivity index is 2.23. The van der Waals surface area contributed by atoms with Crippen molar-refractivity contribution in [2.24, 2.45) is 16.8 Å². The maximum atomic E-state index is 12.7. The van der Waals surface area contributed by atoms with E-state index in [0.29, 0.717) is 30.1 Å². The average molecular weight is 325 g/mol. The van der Waals surface area contributed by atoms with Gasteiger partial charge in [-0.2, -0.15) is 0 Å². The van der Waals surface area contributed by atoms with Gasteiger partial charge in [0.15, 0.2) is 0 Å². The third-order valence-corrected chi connectivity index (χ3v) is 4.90. The summed E-state index contributed by atoms with van der Waals surface area (Å²) in [5.74, 6) is -0.00115. The molecule has 1 fully saturated rings. The van der Waals surface area contributed by atoms with E-state index in [-0.39, 0.29) is 17.7 Å². The average Bonchev–Trinajstić information content (AvgIpc) is 2.44. The lowest BCUT2D eigenvalue weighted by Gasteiger charge is -2.39. The summed E-state index contributed by atoms with van der Waals surface area (Å²) in [5.41, 5.74) is 6.82. The van der Waals surface area contributed by atoms with E-state index in [1.807, 2.05) is 4.90 Å². The van der Waals surface area contributed by atoms with Gasteiger partial charge in [0.1, 0.15) is 0 Å². The molecule has 1 saturated heterocycles. The lowest BCUT2D eigenvalue weighted by molar-refractivity contribution is 0.0532. The number of nitrogens with zero attached hydrogens (tertiary/aromatic N) is 1. The van der Waals surface area contributed by atoms with Crippen LogP contribution in [0.25, 0.3) is 0 Å². The molecule has 1 aliphatic rings. The predicted molar refractivity (Wildman–Crippen MR) is 85.5 cm³/mol. The third-order valence-electron chi connectivity index (χ3n) is 4.16. The van der Waals surface area contributed by atoms with Crippen molar-refractivity contribution in [3.05, 3.63) is 35.4 Å². The highest BCUT2D eigenvalue weighted by Gasteiger charge is 2.31. The van der Waals surface area contributed by atoms with E-state index >= 15 is 0 Å². The van der Waals surface area contributed by atoms with Crippen molar-refractivity contribution in [2.45, 2.75) is 31.6 Å². The number of hydrogen-bond donors (Lipinski definition) is 2. The smallest absolute Gasteiger partial charge is 0.254 e. The Bertz CT molecular complexity index is 645. The SMILES string of the molecule is C[C@@H]1CCCN(C(=O)c2cccc(CS(N)(=O)=O)c2)[C@@H]1CN. The Hall–Kier alpha value is -1.44. The van der Waals surface area contributed by atoms with Crippen molar-refractivity contribution in [1.82, 2.24) is 4.90 Å². The van der Waals surface area contributed by atoms with E-state index in [0.717, 1.165) is 12.8 Å². The van der Waals surface area contributed by atoms with Crippen molar-refractivity contribution >= 4 is 15.9 Å². The van der Waals surface area contributed by atoms with Crippen molar-refractivity contribution < 1.29 is 13.2 Å². The number of carbonyl (C=O) groups excluding carboxylic acids is 1. The van der Waals surface area contributed by atoms with Crippen LogP contribution in [-0.4, -0.2) is 38.4 Å². The molecule has 22 heavy (non-hydrogen) atoms. The Morgan fingerprint density at radius 3 is 2.77 bits per heavy atom. The summed E-state index contributed by atoms with van der Waals surface area (Å²) >= 11 is 0. The summed E-state index contributed by atoms with van der Waals surface area (Å²) in [6.45, 7) is 3.22. The van der Waals surface area contributed by atoms with Gasteiger partial charge in [-0.15, -0.1) is 0 Å². The third kappa shape index (κ3) is 4.06. The molecule has 6 nitrogen and oxygen atoms in total. The second kappa shape index (κ2) is 6.76. The van der Waals surface area contributed by atoms with Crippen LogP contribution in [0, 0.1) is 5.92 Å². The van der Waals surface area contributed by atoms with Gasteiger partial charge in [0.25, 0.3) is 5.91 Å². The van der Waals surface area contributed by atoms with Crippen LogP contribution in [0.2, 0.25) is 0 Å². The molecule has 0 aliphatic carbocycles. The number of amides is 1. The molecule has 2 atom stereocenters. The van der Waals surface area contributed by atoms with Gasteiger partial charge in [0, 0.05) is 24.7 Å². The molecule has 1 aliphatic heterocycles. The molecule has 0 aromatic heterocycles. The number of benzene rings is 1. The molecule has 7 heteroatoms. The summed E-state index contributed by atoms with van der Waals surface area (Å²) in [7, 11) is -3.61. The number of sulfonamides is 1. The van der Waals surface area contributed by atoms with Gasteiger partial charge in [0.2, 0.25) is 10.0 Å². The van der Waals surface area contributed by atoms with E-state index in [9.17, 15) is 13.2 Å². The topological polar surface area (TPSA) is 106 Å². The van der Waals surface area contributed by atoms with Gasteiger partial charge in [-0.05, 0) is 36.5 Å². The fraction of sp³-hybridized carbons (Fsp3) is 0.533. The van der Waals surface area contributed by atoms with Gasteiger partial charge in [0.05, 0.1) is 5.75 Å². The van der Waals surface area contributed by atoms with Gasteiger partial charge >= 0.3 is 0 Å². The first-order valence-corrected chi connectivity index (χ1v) is 9.14. The van der Waals surface area contributed by atoms with E-state index in [2.05, 4.69) is 6.92 Å². The molecule has 2 rings (SSSR count). The lowest BCUT2D eigenvalue weighted by atomic mass is 9.90. The largest absolute Gasteiger partial charge is 0.334 e. The van der Waals surface area contributed by atoms with Crippen LogP contribution in [-0.2, 0) is 15.8 Å². The maximum absolute atomic E-state index is 12.7. The first kappa shape index (κ1) is 16.9. The first-order valence-electron chi connectivity index (χ1n) is 7.42. The molecule has 1 amide bonds. The van der Waals surface area contributed by atoms with Crippen LogP contribution >= 0.6 is 0 Å². The number of hydrogen-bond acceptors (Lipinski definition) is 4. The standard InChI is InChI=1S/C15H23N3O3S/c1-11-4-3-7-18(14(11)9-16)15(19)13-6-2-5-12(8-13)10-22(17,20)21/h2,5-6,8,11,14H,3-4,7,9-10,16H2,1H3,(H2,17,20,21)/t11-,14-/m1/s1. The van der Waals surface area contributed by atoms with Crippen molar-refractivity contribution in [1.29, 1.82) is 0 Å².